The smallest absolute Gasteiger partial charge is 0.341 e. The lowest BCUT2D eigenvalue weighted by Crippen LogP contribution is -2.13. The van der Waals surface area contributed by atoms with Crippen LogP contribution in [0.1, 0.15) is 10.4 Å². The van der Waals surface area contributed by atoms with E-state index >= 15 is 0 Å². The lowest BCUT2D eigenvalue weighted by atomic mass is 10.3. The van der Waals surface area contributed by atoms with Gasteiger partial charge in [0.2, 0.25) is 0 Å². The Morgan fingerprint density at radius 1 is 1.53 bits per heavy atom. The number of carbonyl (C=O) groups is 1. The predicted octanol–water partition coefficient (Wildman–Crippen LogP) is 0.413. The summed E-state index contributed by atoms with van der Waals surface area (Å²) >= 11 is 0. The number of hydrogen-bond acceptors (Lipinski definition) is 4. The summed E-state index contributed by atoms with van der Waals surface area (Å²) in [5.74, 6) is -0.598. The van der Waals surface area contributed by atoms with Gasteiger partial charge in [0.25, 0.3) is 0 Å². The van der Waals surface area contributed by atoms with Gasteiger partial charge in [0, 0.05) is 19.5 Å². The maximum absolute atomic E-state index is 11.1. The topological polar surface area (TPSA) is 82.2 Å². The third kappa shape index (κ3) is 2.18. The molecule has 0 spiro atoms. The van der Waals surface area contributed by atoms with E-state index in [4.69, 9.17) is 9.84 Å². The summed E-state index contributed by atoms with van der Waals surface area (Å²) in [6.45, 7) is 0.925. The molecule has 2 heterocycles. The lowest BCUT2D eigenvalue weighted by Gasteiger charge is -2.07. The second kappa shape index (κ2) is 4.79. The summed E-state index contributed by atoms with van der Waals surface area (Å²) in [4.78, 5) is 11.1. The number of aromatic nitrogens is 4. The van der Waals surface area contributed by atoms with Gasteiger partial charge in [-0.15, -0.1) is 0 Å². The number of hydrogen-bond donors (Lipinski definition) is 1. The molecule has 0 aromatic carbocycles. The van der Waals surface area contributed by atoms with Crippen LogP contribution in [-0.4, -0.2) is 44.4 Å². The van der Waals surface area contributed by atoms with E-state index in [0.717, 1.165) is 0 Å². The maximum atomic E-state index is 11.1. The monoisotopic (exact) mass is 236 g/mol. The number of carboxylic acid groups (broad SMARTS) is 1. The number of nitrogens with zero attached hydrogens (tertiary/aromatic N) is 4. The zero-order chi connectivity index (χ0) is 12.3. The van der Waals surface area contributed by atoms with Crippen LogP contribution in [-0.2, 0) is 11.3 Å². The largest absolute Gasteiger partial charge is 0.477 e. The zero-order valence-corrected chi connectivity index (χ0v) is 9.28. The van der Waals surface area contributed by atoms with Crippen LogP contribution in [0.4, 0.5) is 0 Å². The molecule has 0 amide bonds. The molecule has 0 saturated heterocycles. The van der Waals surface area contributed by atoms with Crippen molar-refractivity contribution in [1.29, 1.82) is 0 Å². The Morgan fingerprint density at radius 3 is 2.94 bits per heavy atom. The molecule has 1 N–H and O–H groups in total. The van der Waals surface area contributed by atoms with Crippen molar-refractivity contribution in [2.24, 2.45) is 0 Å². The van der Waals surface area contributed by atoms with Gasteiger partial charge in [-0.2, -0.15) is 10.2 Å². The third-order valence-corrected chi connectivity index (χ3v) is 2.27. The summed E-state index contributed by atoms with van der Waals surface area (Å²) < 4.78 is 7.98. The molecule has 7 nitrogen and oxygen atoms in total. The van der Waals surface area contributed by atoms with E-state index in [2.05, 4.69) is 10.2 Å². The Kier molecular flexibility index (Phi) is 3.20. The Balaban J connectivity index is 2.44. The predicted molar refractivity (Wildman–Crippen MR) is 58.2 cm³/mol. The minimum Gasteiger partial charge on any atom is -0.477 e. The van der Waals surface area contributed by atoms with Gasteiger partial charge in [-0.3, -0.25) is 0 Å². The van der Waals surface area contributed by atoms with Crippen LogP contribution < -0.4 is 0 Å². The highest BCUT2D eigenvalue weighted by Crippen LogP contribution is 2.13. The average Bonchev–Trinajstić information content (AvgIpc) is 2.94. The molecule has 17 heavy (non-hydrogen) atoms. The summed E-state index contributed by atoms with van der Waals surface area (Å²) in [5, 5.41) is 17.1. The molecular formula is C10H12N4O3. The minimum atomic E-state index is -1.03. The highest BCUT2D eigenvalue weighted by Gasteiger charge is 2.18. The van der Waals surface area contributed by atoms with E-state index in [0.29, 0.717) is 19.0 Å². The standard InChI is InChI=1S/C10H12N4O3/c1-17-6-5-14-9(13-4-2-3-11-13)8(7-12-14)10(15)16/h2-4,7H,5-6H2,1H3,(H,15,16). The SMILES string of the molecule is COCCn1ncc(C(=O)O)c1-n1cccn1. The Bertz CT molecular complexity index is 504. The molecule has 0 aliphatic heterocycles. The van der Waals surface area contributed by atoms with Crippen LogP contribution in [0.15, 0.2) is 24.7 Å². The van der Waals surface area contributed by atoms with E-state index < -0.39 is 5.97 Å². The quantitative estimate of drug-likeness (QED) is 0.813. The highest BCUT2D eigenvalue weighted by atomic mass is 16.5. The molecule has 0 bridgehead atoms. The van der Waals surface area contributed by atoms with Crippen LogP contribution in [0.25, 0.3) is 5.82 Å². The van der Waals surface area contributed by atoms with Gasteiger partial charge in [0.1, 0.15) is 5.56 Å². The van der Waals surface area contributed by atoms with Crippen molar-refractivity contribution < 1.29 is 14.6 Å². The van der Waals surface area contributed by atoms with Crippen molar-refractivity contribution in [2.75, 3.05) is 13.7 Å². The van der Waals surface area contributed by atoms with E-state index in [1.54, 1.807) is 30.3 Å². The number of methoxy groups -OCH3 is 1. The van der Waals surface area contributed by atoms with Crippen molar-refractivity contribution in [3.63, 3.8) is 0 Å². The third-order valence-electron chi connectivity index (χ3n) is 2.27. The molecule has 0 saturated carbocycles. The van der Waals surface area contributed by atoms with Gasteiger partial charge in [0.05, 0.1) is 19.3 Å². The fraction of sp³-hybridized carbons (Fsp3) is 0.300. The molecule has 0 aliphatic rings. The van der Waals surface area contributed by atoms with Crippen LogP contribution in [0.3, 0.4) is 0 Å². The molecule has 0 aliphatic carbocycles. The summed E-state index contributed by atoms with van der Waals surface area (Å²) in [6.07, 6.45) is 4.57. The molecule has 0 radical (unpaired) electrons. The molecule has 0 atom stereocenters. The summed E-state index contributed by atoms with van der Waals surface area (Å²) in [5.41, 5.74) is 0.116. The second-order valence-electron chi connectivity index (χ2n) is 3.35. The average molecular weight is 236 g/mol. The van der Waals surface area contributed by atoms with Crippen LogP contribution in [0, 0.1) is 0 Å². The number of carboxylic acids is 1. The molecular weight excluding hydrogens is 224 g/mol. The Hall–Kier alpha value is -2.15. The second-order valence-corrected chi connectivity index (χ2v) is 3.35. The first-order valence-electron chi connectivity index (χ1n) is 5.02. The zero-order valence-electron chi connectivity index (χ0n) is 9.28. The van der Waals surface area contributed by atoms with Crippen molar-refractivity contribution in [1.82, 2.24) is 19.6 Å². The van der Waals surface area contributed by atoms with E-state index in [9.17, 15) is 4.79 Å². The van der Waals surface area contributed by atoms with Gasteiger partial charge in [-0.05, 0) is 6.07 Å². The summed E-state index contributed by atoms with van der Waals surface area (Å²) in [6, 6.07) is 1.72. The molecule has 2 aromatic rings. The van der Waals surface area contributed by atoms with Crippen molar-refractivity contribution >= 4 is 5.97 Å². The fourth-order valence-electron chi connectivity index (χ4n) is 1.51. The Labute approximate surface area is 97.2 Å². The first-order chi connectivity index (χ1) is 8.24. The Morgan fingerprint density at radius 2 is 2.35 bits per heavy atom. The van der Waals surface area contributed by atoms with Crippen LogP contribution >= 0.6 is 0 Å². The lowest BCUT2D eigenvalue weighted by molar-refractivity contribution is 0.0696. The van der Waals surface area contributed by atoms with Crippen LogP contribution in [0.2, 0.25) is 0 Å². The number of ether oxygens (including phenoxy) is 1. The normalized spacial score (nSPS) is 10.6. The van der Waals surface area contributed by atoms with Crippen LogP contribution in [0.5, 0.6) is 0 Å². The molecule has 0 unspecified atom stereocenters. The van der Waals surface area contributed by atoms with Gasteiger partial charge in [-0.1, -0.05) is 0 Å². The van der Waals surface area contributed by atoms with E-state index in [-0.39, 0.29) is 5.56 Å². The van der Waals surface area contributed by atoms with Crippen molar-refractivity contribution in [3.05, 3.63) is 30.2 Å². The minimum absolute atomic E-state index is 0.116. The number of aromatic carboxylic acids is 1. The summed E-state index contributed by atoms with van der Waals surface area (Å²) in [7, 11) is 1.58. The molecule has 7 heteroatoms. The fourth-order valence-corrected chi connectivity index (χ4v) is 1.51. The first kappa shape index (κ1) is 11.3. The van der Waals surface area contributed by atoms with Gasteiger partial charge >= 0.3 is 5.97 Å². The van der Waals surface area contributed by atoms with E-state index in [1.165, 1.54) is 10.9 Å². The molecule has 2 rings (SSSR count). The molecule has 0 fully saturated rings. The van der Waals surface area contributed by atoms with Crippen molar-refractivity contribution in [3.8, 4) is 5.82 Å². The van der Waals surface area contributed by atoms with Gasteiger partial charge in [0.15, 0.2) is 5.82 Å². The maximum Gasteiger partial charge on any atom is 0.341 e. The first-order valence-corrected chi connectivity index (χ1v) is 5.02. The molecule has 2 aromatic heterocycles. The van der Waals surface area contributed by atoms with Crippen molar-refractivity contribution in [2.45, 2.75) is 6.54 Å². The number of rotatable bonds is 5. The highest BCUT2D eigenvalue weighted by molar-refractivity contribution is 5.90. The van der Waals surface area contributed by atoms with Gasteiger partial charge < -0.3 is 9.84 Å². The van der Waals surface area contributed by atoms with Gasteiger partial charge in [-0.25, -0.2) is 14.2 Å². The van der Waals surface area contributed by atoms with E-state index in [1.807, 2.05) is 0 Å². The molecule has 90 valence electrons.